The minimum atomic E-state index is -5.03. The third-order valence-electron chi connectivity index (χ3n) is 7.22. The van der Waals surface area contributed by atoms with E-state index in [1.165, 1.54) is 17.4 Å². The zero-order valence-electron chi connectivity index (χ0n) is 14.6. The van der Waals surface area contributed by atoms with Crippen molar-refractivity contribution in [1.29, 1.82) is 0 Å². The Balaban J connectivity index is 1.64. The molecule has 1 aromatic rings. The molecule has 0 aromatic heterocycles. The second kappa shape index (κ2) is 5.03. The molecule has 6 rings (SSSR count). The molecule has 0 saturated heterocycles. The summed E-state index contributed by atoms with van der Waals surface area (Å²) in [6.07, 6.45) is 0.170. The van der Waals surface area contributed by atoms with Gasteiger partial charge in [-0.2, -0.15) is 13.2 Å². The summed E-state index contributed by atoms with van der Waals surface area (Å²) in [5.74, 6) is 0.610. The Hall–Kier alpha value is -1.56. The molecular formula is C20H22F3NO2. The van der Waals surface area contributed by atoms with Crippen molar-refractivity contribution in [1.82, 2.24) is 0 Å². The Kier molecular flexibility index (Phi) is 3.21. The van der Waals surface area contributed by atoms with Crippen molar-refractivity contribution in [2.75, 3.05) is 4.90 Å². The molecule has 6 heteroatoms. The molecule has 1 aliphatic heterocycles. The van der Waals surface area contributed by atoms with E-state index >= 15 is 0 Å². The Labute approximate surface area is 150 Å². The Morgan fingerprint density at radius 1 is 1.08 bits per heavy atom. The van der Waals surface area contributed by atoms with Crippen LogP contribution in [-0.2, 0) is 10.4 Å². The number of anilines is 1. The van der Waals surface area contributed by atoms with Crippen LogP contribution in [0.25, 0.3) is 0 Å². The quantitative estimate of drug-likeness (QED) is 0.820. The zero-order chi connectivity index (χ0) is 18.4. The van der Waals surface area contributed by atoms with Crippen molar-refractivity contribution in [2.24, 2.45) is 23.7 Å². The van der Waals surface area contributed by atoms with Gasteiger partial charge in [0.1, 0.15) is 0 Å². The zero-order valence-corrected chi connectivity index (χ0v) is 14.6. The summed E-state index contributed by atoms with van der Waals surface area (Å²) in [6, 6.07) is 4.40. The molecule has 1 atom stereocenters. The van der Waals surface area contributed by atoms with Crippen LogP contribution in [0.2, 0.25) is 0 Å². The van der Waals surface area contributed by atoms with Crippen LogP contribution < -0.4 is 4.90 Å². The number of benzene rings is 1. The Morgan fingerprint density at radius 2 is 1.65 bits per heavy atom. The maximum absolute atomic E-state index is 13.8. The fourth-order valence-electron chi connectivity index (χ4n) is 6.44. The van der Waals surface area contributed by atoms with Gasteiger partial charge in [-0.15, -0.1) is 0 Å². The van der Waals surface area contributed by atoms with Crippen molar-refractivity contribution in [3.63, 3.8) is 0 Å². The number of carbonyl (C=O) groups is 1. The maximum atomic E-state index is 13.8. The van der Waals surface area contributed by atoms with E-state index in [1.54, 1.807) is 19.1 Å². The molecule has 3 nitrogen and oxygen atoms in total. The van der Waals surface area contributed by atoms with E-state index in [2.05, 4.69) is 0 Å². The van der Waals surface area contributed by atoms with E-state index in [4.69, 9.17) is 0 Å². The largest absolute Gasteiger partial charge is 0.430 e. The summed E-state index contributed by atoms with van der Waals surface area (Å²) in [7, 11) is 0. The number of aryl methyl sites for hydroxylation is 1. The third-order valence-corrected chi connectivity index (χ3v) is 7.22. The molecule has 1 N–H and O–H groups in total. The first-order valence-electron chi connectivity index (χ1n) is 9.44. The average Bonchev–Trinajstić information content (AvgIpc) is 2.76. The van der Waals surface area contributed by atoms with Crippen molar-refractivity contribution in [2.45, 2.75) is 56.8 Å². The number of fused-ring (bicyclic) bond motifs is 1. The molecule has 4 fully saturated rings. The van der Waals surface area contributed by atoms with Gasteiger partial charge in [0.15, 0.2) is 0 Å². The lowest BCUT2D eigenvalue weighted by Crippen LogP contribution is -2.60. The number of amides is 1. The molecule has 0 spiro atoms. The lowest BCUT2D eigenvalue weighted by atomic mass is 9.54. The molecule has 4 saturated carbocycles. The van der Waals surface area contributed by atoms with Crippen molar-refractivity contribution >= 4 is 11.6 Å². The molecule has 1 heterocycles. The summed E-state index contributed by atoms with van der Waals surface area (Å²) >= 11 is 0. The van der Waals surface area contributed by atoms with Gasteiger partial charge in [0.2, 0.25) is 0 Å². The standard InChI is InChI=1S/C20H22F3NO2/c1-10-2-3-16-15(4-10)19(26,20(21,22)23)18(25)24(16)17-13-6-11-5-12(8-13)9-14(17)7-11/h2-4,11-14,17,26H,5-9H2,1H3/t11?,12?,13?,14?,17?,19-/m0/s1. The molecule has 140 valence electrons. The highest BCUT2D eigenvalue weighted by Gasteiger charge is 2.68. The lowest BCUT2D eigenvalue weighted by Gasteiger charge is -2.56. The smallest absolute Gasteiger partial charge is 0.368 e. The van der Waals surface area contributed by atoms with Crippen LogP contribution in [0.4, 0.5) is 18.9 Å². The van der Waals surface area contributed by atoms with Crippen molar-refractivity contribution in [3.05, 3.63) is 29.3 Å². The van der Waals surface area contributed by atoms with Gasteiger partial charge >= 0.3 is 6.18 Å². The summed E-state index contributed by atoms with van der Waals surface area (Å²) in [5.41, 5.74) is -2.88. The van der Waals surface area contributed by atoms with Gasteiger partial charge in [-0.05, 0) is 68.8 Å². The molecule has 26 heavy (non-hydrogen) atoms. The lowest BCUT2D eigenvalue weighted by molar-refractivity contribution is -0.253. The van der Waals surface area contributed by atoms with E-state index in [9.17, 15) is 23.1 Å². The summed E-state index contributed by atoms with van der Waals surface area (Å²) in [5, 5.41) is 10.6. The fourth-order valence-corrected chi connectivity index (χ4v) is 6.44. The number of aliphatic hydroxyl groups is 1. The predicted molar refractivity (Wildman–Crippen MR) is 89.4 cm³/mol. The van der Waals surface area contributed by atoms with Crippen molar-refractivity contribution in [3.8, 4) is 0 Å². The molecule has 1 aromatic carbocycles. The highest BCUT2D eigenvalue weighted by Crippen LogP contribution is 2.59. The highest BCUT2D eigenvalue weighted by atomic mass is 19.4. The number of carbonyl (C=O) groups excluding carboxylic acids is 1. The van der Waals surface area contributed by atoms with Crippen LogP contribution in [0.15, 0.2) is 18.2 Å². The Bertz CT molecular complexity index is 762. The van der Waals surface area contributed by atoms with E-state index in [0.29, 0.717) is 17.4 Å². The first kappa shape index (κ1) is 16.6. The first-order valence-corrected chi connectivity index (χ1v) is 9.44. The fraction of sp³-hybridized carbons (Fsp3) is 0.650. The average molecular weight is 365 g/mol. The molecular weight excluding hydrogens is 343 g/mol. The van der Waals surface area contributed by atoms with E-state index in [0.717, 1.165) is 25.7 Å². The number of nitrogens with zero attached hydrogens (tertiary/aromatic N) is 1. The topological polar surface area (TPSA) is 40.5 Å². The number of halogens is 3. The highest BCUT2D eigenvalue weighted by molar-refractivity contribution is 6.08. The summed E-state index contributed by atoms with van der Waals surface area (Å²) in [4.78, 5) is 14.3. The monoisotopic (exact) mass is 365 g/mol. The summed E-state index contributed by atoms with van der Waals surface area (Å²) < 4.78 is 41.4. The first-order chi connectivity index (χ1) is 12.2. The minimum absolute atomic E-state index is 0.215. The second-order valence-electron chi connectivity index (χ2n) is 8.83. The maximum Gasteiger partial charge on any atom is 0.430 e. The van der Waals surface area contributed by atoms with Gasteiger partial charge in [0.25, 0.3) is 11.5 Å². The molecule has 5 aliphatic rings. The molecule has 0 unspecified atom stereocenters. The van der Waals surface area contributed by atoms with Crippen LogP contribution in [0, 0.1) is 30.6 Å². The van der Waals surface area contributed by atoms with Gasteiger partial charge in [-0.1, -0.05) is 17.7 Å². The van der Waals surface area contributed by atoms with E-state index in [1.807, 2.05) is 0 Å². The molecule has 1 amide bonds. The van der Waals surface area contributed by atoms with Crippen LogP contribution in [0.1, 0.15) is 43.2 Å². The normalized spacial score (nSPS) is 41.0. The predicted octanol–water partition coefficient (Wildman–Crippen LogP) is 3.92. The molecule has 4 aliphatic carbocycles. The molecule has 4 bridgehead atoms. The van der Waals surface area contributed by atoms with Gasteiger partial charge in [0, 0.05) is 11.6 Å². The van der Waals surface area contributed by atoms with Crippen LogP contribution in [0.3, 0.4) is 0 Å². The van der Waals surface area contributed by atoms with E-state index in [-0.39, 0.29) is 29.1 Å². The van der Waals surface area contributed by atoms with Crippen LogP contribution >= 0.6 is 0 Å². The second-order valence-corrected chi connectivity index (χ2v) is 8.83. The minimum Gasteiger partial charge on any atom is -0.368 e. The number of hydrogen-bond donors (Lipinski definition) is 1. The van der Waals surface area contributed by atoms with Gasteiger partial charge in [-0.3, -0.25) is 4.79 Å². The number of alkyl halides is 3. The van der Waals surface area contributed by atoms with Gasteiger partial charge in [-0.25, -0.2) is 0 Å². The van der Waals surface area contributed by atoms with Gasteiger partial charge < -0.3 is 10.0 Å². The SMILES string of the molecule is Cc1ccc2c(c1)[C@@](O)(C(F)(F)F)C(=O)N2C1C2CC3CC(C2)CC1C3. The van der Waals surface area contributed by atoms with Crippen LogP contribution in [-0.4, -0.2) is 23.2 Å². The Morgan fingerprint density at radius 3 is 2.19 bits per heavy atom. The molecule has 0 radical (unpaired) electrons. The number of rotatable bonds is 1. The third kappa shape index (κ3) is 1.97. The van der Waals surface area contributed by atoms with Crippen LogP contribution in [0.5, 0.6) is 0 Å². The number of hydrogen-bond acceptors (Lipinski definition) is 2. The van der Waals surface area contributed by atoms with Gasteiger partial charge in [0.05, 0.1) is 5.69 Å². The van der Waals surface area contributed by atoms with E-state index < -0.39 is 17.7 Å². The summed E-state index contributed by atoms with van der Waals surface area (Å²) in [6.45, 7) is 1.67. The van der Waals surface area contributed by atoms with Crippen molar-refractivity contribution < 1.29 is 23.1 Å².